The number of rotatable bonds is 8. The molecule has 0 bridgehead atoms. The van der Waals surface area contributed by atoms with Crippen LogP contribution >= 0.6 is 0 Å². The number of nitrogens with zero attached hydrogens (tertiary/aromatic N) is 8. The van der Waals surface area contributed by atoms with Gasteiger partial charge in [0.05, 0.1) is 62.5 Å². The van der Waals surface area contributed by atoms with Gasteiger partial charge < -0.3 is 9.47 Å². The molecule has 0 aliphatic rings. The molecule has 8 heteroatoms. The highest BCUT2D eigenvalue weighted by molar-refractivity contribution is 6.11. The molecular formula is C56H32N8. The maximum atomic E-state index is 10.8. The minimum Gasteiger partial charge on any atom is -0.310 e. The van der Waals surface area contributed by atoms with Gasteiger partial charge in [0, 0.05) is 44.5 Å². The van der Waals surface area contributed by atoms with Crippen molar-refractivity contribution < 1.29 is 0 Å². The number of anilines is 3. The van der Waals surface area contributed by atoms with Gasteiger partial charge in [0.1, 0.15) is 12.1 Å². The summed E-state index contributed by atoms with van der Waals surface area (Å²) in [7, 11) is 0. The van der Waals surface area contributed by atoms with Crippen LogP contribution in [0.25, 0.3) is 72.5 Å². The van der Waals surface area contributed by atoms with Gasteiger partial charge in [-0.1, -0.05) is 109 Å². The van der Waals surface area contributed by atoms with Crippen molar-refractivity contribution in [3.05, 3.63) is 216 Å². The van der Waals surface area contributed by atoms with E-state index in [1.54, 1.807) is 18.2 Å². The third-order valence-electron chi connectivity index (χ3n) is 11.4. The summed E-state index contributed by atoms with van der Waals surface area (Å²) in [5.41, 5.74) is 11.6. The summed E-state index contributed by atoms with van der Waals surface area (Å²) >= 11 is 0. The molecule has 0 N–H and O–H groups in total. The van der Waals surface area contributed by atoms with E-state index in [4.69, 9.17) is 9.97 Å². The van der Waals surface area contributed by atoms with E-state index >= 15 is 0 Å². The third kappa shape index (κ3) is 6.83. The largest absolute Gasteiger partial charge is 0.310 e. The van der Waals surface area contributed by atoms with Crippen molar-refractivity contribution in [1.29, 1.82) is 21.0 Å². The molecule has 0 aliphatic carbocycles. The molecule has 2 aromatic heterocycles. The van der Waals surface area contributed by atoms with E-state index in [-0.39, 0.29) is 0 Å². The second kappa shape index (κ2) is 16.5. The lowest BCUT2D eigenvalue weighted by atomic mass is 9.96. The van der Waals surface area contributed by atoms with Gasteiger partial charge in [0.15, 0.2) is 5.82 Å². The Labute approximate surface area is 369 Å². The summed E-state index contributed by atoms with van der Waals surface area (Å²) < 4.78 is 2.03. The van der Waals surface area contributed by atoms with Crippen LogP contribution < -0.4 is 4.90 Å². The van der Waals surface area contributed by atoms with Crippen LogP contribution in [0.2, 0.25) is 0 Å². The van der Waals surface area contributed by atoms with Gasteiger partial charge in [-0.2, -0.15) is 21.0 Å². The third-order valence-corrected chi connectivity index (χ3v) is 11.4. The Morgan fingerprint density at radius 2 is 0.891 bits per heavy atom. The number of hydrogen-bond donors (Lipinski definition) is 0. The first-order valence-corrected chi connectivity index (χ1v) is 20.5. The van der Waals surface area contributed by atoms with Crippen LogP contribution in [0.1, 0.15) is 22.3 Å². The Balaban J connectivity index is 1.07. The molecule has 0 unspecified atom stereocenters. The number of benzene rings is 8. The predicted molar refractivity (Wildman–Crippen MR) is 252 cm³/mol. The number of fused-ring (bicyclic) bond motifs is 3. The van der Waals surface area contributed by atoms with Crippen LogP contribution in [-0.2, 0) is 0 Å². The molecule has 0 atom stereocenters. The summed E-state index contributed by atoms with van der Waals surface area (Å²) in [4.78, 5) is 12.0. The number of nitriles is 4. The fourth-order valence-electron chi connectivity index (χ4n) is 8.42. The molecule has 0 aliphatic heterocycles. The van der Waals surface area contributed by atoms with Crippen LogP contribution in [0.15, 0.2) is 194 Å². The molecule has 0 saturated heterocycles. The SMILES string of the molecule is N#Cc1ccccc1-c1cc(-c2ccc(-c3cc(C#N)c(-n4c5ccccc5c5cc(N(c6ccccc6)c6ccccc6)ccc54)c(C#N)c3)cc2)nc(-c2ccccc2C#N)n1. The quantitative estimate of drug-likeness (QED) is 0.149. The second-order valence-corrected chi connectivity index (χ2v) is 15.1. The highest BCUT2D eigenvalue weighted by atomic mass is 15.1. The number of aromatic nitrogens is 3. The Kier molecular flexibility index (Phi) is 9.92. The summed E-state index contributed by atoms with van der Waals surface area (Å²) in [5, 5.41) is 43.4. The minimum atomic E-state index is 0.359. The van der Waals surface area contributed by atoms with E-state index in [2.05, 4.69) is 77.7 Å². The van der Waals surface area contributed by atoms with Crippen molar-refractivity contribution in [3.63, 3.8) is 0 Å². The van der Waals surface area contributed by atoms with Gasteiger partial charge in [-0.15, -0.1) is 0 Å². The van der Waals surface area contributed by atoms with Crippen LogP contribution in [0.4, 0.5) is 17.1 Å². The van der Waals surface area contributed by atoms with Crippen molar-refractivity contribution in [3.8, 4) is 75.0 Å². The molecule has 8 aromatic carbocycles. The lowest BCUT2D eigenvalue weighted by Gasteiger charge is -2.25. The molecule has 0 fully saturated rings. The van der Waals surface area contributed by atoms with Gasteiger partial charge in [0.25, 0.3) is 0 Å². The van der Waals surface area contributed by atoms with E-state index in [1.165, 1.54) is 0 Å². The highest BCUT2D eigenvalue weighted by Gasteiger charge is 2.22. The predicted octanol–water partition coefficient (Wildman–Crippen LogP) is 13.2. The van der Waals surface area contributed by atoms with Gasteiger partial charge >= 0.3 is 0 Å². The zero-order chi connectivity index (χ0) is 43.6. The Morgan fingerprint density at radius 3 is 1.53 bits per heavy atom. The second-order valence-electron chi connectivity index (χ2n) is 15.1. The van der Waals surface area contributed by atoms with E-state index in [1.807, 2.05) is 132 Å². The van der Waals surface area contributed by atoms with Crippen molar-refractivity contribution >= 4 is 38.9 Å². The topological polar surface area (TPSA) is 129 Å². The van der Waals surface area contributed by atoms with Gasteiger partial charge in [-0.25, -0.2) is 9.97 Å². The van der Waals surface area contributed by atoms with Crippen LogP contribution in [0.3, 0.4) is 0 Å². The monoisotopic (exact) mass is 816 g/mol. The molecule has 8 nitrogen and oxygen atoms in total. The van der Waals surface area contributed by atoms with Crippen molar-refractivity contribution in [2.24, 2.45) is 0 Å². The number of hydrogen-bond acceptors (Lipinski definition) is 7. The van der Waals surface area contributed by atoms with Gasteiger partial charge in [-0.3, -0.25) is 0 Å². The average molecular weight is 817 g/mol. The standard InChI is InChI=1S/C56H32N8/c57-33-39-13-7-9-19-47(39)52-32-51(61-56(62-52)48-20-10-8-14-40(48)34-58)38-25-23-37(24-26-38)41-29-42(35-59)55(43(30-41)36-60)64-53-22-12-11-21-49(53)50-31-46(27-28-54(50)64)63(44-15-3-1-4-16-44)45-17-5-2-6-18-45/h1-32H. The van der Waals surface area contributed by atoms with Crippen molar-refractivity contribution in [2.45, 2.75) is 0 Å². The molecule has 0 saturated carbocycles. The maximum absolute atomic E-state index is 10.8. The van der Waals surface area contributed by atoms with Gasteiger partial charge in [-0.05, 0) is 96.1 Å². The van der Waals surface area contributed by atoms with E-state index < -0.39 is 0 Å². The van der Waals surface area contributed by atoms with E-state index in [9.17, 15) is 21.0 Å². The highest BCUT2D eigenvalue weighted by Crippen LogP contribution is 2.41. The summed E-state index contributed by atoms with van der Waals surface area (Å²) in [6.07, 6.45) is 0. The Morgan fingerprint density at radius 1 is 0.375 bits per heavy atom. The van der Waals surface area contributed by atoms with Crippen molar-refractivity contribution in [2.75, 3.05) is 4.90 Å². The molecule has 64 heavy (non-hydrogen) atoms. The molecule has 0 spiro atoms. The molecule has 0 radical (unpaired) electrons. The molecule has 10 rings (SSSR count). The maximum Gasteiger partial charge on any atom is 0.161 e. The molecule has 0 amide bonds. The number of para-hydroxylation sites is 3. The fourth-order valence-corrected chi connectivity index (χ4v) is 8.42. The molecule has 296 valence electrons. The fraction of sp³-hybridized carbons (Fsp3) is 0. The van der Waals surface area contributed by atoms with E-state index in [0.717, 1.165) is 50.0 Å². The first kappa shape index (κ1) is 38.6. The summed E-state index contributed by atoms with van der Waals surface area (Å²) in [6, 6.07) is 72.0. The zero-order valence-electron chi connectivity index (χ0n) is 34.1. The lowest BCUT2D eigenvalue weighted by molar-refractivity contribution is 1.15. The first-order valence-electron chi connectivity index (χ1n) is 20.5. The normalized spacial score (nSPS) is 10.8. The molecule has 10 aromatic rings. The molecular weight excluding hydrogens is 785 g/mol. The van der Waals surface area contributed by atoms with Crippen LogP contribution in [0.5, 0.6) is 0 Å². The first-order chi connectivity index (χ1) is 31.6. The van der Waals surface area contributed by atoms with Crippen LogP contribution in [0, 0.1) is 45.3 Å². The van der Waals surface area contributed by atoms with E-state index in [0.29, 0.717) is 61.8 Å². The molecule has 2 heterocycles. The Bertz CT molecular complexity index is 3450. The van der Waals surface area contributed by atoms with Crippen LogP contribution in [-0.4, -0.2) is 14.5 Å². The summed E-state index contributed by atoms with van der Waals surface area (Å²) in [5.74, 6) is 0.361. The summed E-state index contributed by atoms with van der Waals surface area (Å²) in [6.45, 7) is 0. The lowest BCUT2D eigenvalue weighted by Crippen LogP contribution is -2.09. The average Bonchev–Trinajstić information content (AvgIpc) is 3.69. The Hall–Kier alpha value is -9.60. The van der Waals surface area contributed by atoms with Crippen molar-refractivity contribution in [1.82, 2.24) is 14.5 Å². The zero-order valence-corrected chi connectivity index (χ0v) is 34.1. The smallest absolute Gasteiger partial charge is 0.161 e. The van der Waals surface area contributed by atoms with Gasteiger partial charge in [0.2, 0.25) is 0 Å². The minimum absolute atomic E-state index is 0.359.